The van der Waals surface area contributed by atoms with Crippen molar-refractivity contribution < 1.29 is 13.2 Å². The molecule has 0 spiro atoms. The maximum Gasteiger partial charge on any atom is 0.291 e. The highest BCUT2D eigenvalue weighted by Gasteiger charge is 2.35. The van der Waals surface area contributed by atoms with Gasteiger partial charge in [-0.25, -0.2) is 4.98 Å². The smallest absolute Gasteiger partial charge is 0.291 e. The molecule has 72 valence electrons. The molecule has 2 N–H and O–H groups in total. The largest absolute Gasteiger partial charge is 0.325 e. The third-order valence-corrected chi connectivity index (χ3v) is 1.79. The molecule has 0 fully saturated rings. The van der Waals surface area contributed by atoms with E-state index in [1.54, 1.807) is 0 Å². The predicted octanol–water partition coefficient (Wildman–Crippen LogP) is 1.92. The Morgan fingerprint density at radius 3 is 2.62 bits per heavy atom. The second kappa shape index (κ2) is 3.51. The first kappa shape index (κ1) is 10.3. The molecular weight excluding hydrogens is 205 g/mol. The van der Waals surface area contributed by atoms with Crippen LogP contribution in [0.3, 0.4) is 0 Å². The van der Waals surface area contributed by atoms with Crippen LogP contribution in [0.1, 0.15) is 5.56 Å². The molecular formula is C7H6ClF3N2. The van der Waals surface area contributed by atoms with Gasteiger partial charge in [-0.15, -0.1) is 0 Å². The average Bonchev–Trinajstić information content (AvgIpc) is 2.03. The molecule has 0 radical (unpaired) electrons. The first-order chi connectivity index (χ1) is 5.99. The van der Waals surface area contributed by atoms with Gasteiger partial charge in [0.25, 0.3) is 5.92 Å². The summed E-state index contributed by atoms with van der Waals surface area (Å²) in [5.74, 6) is -4.77. The third-order valence-electron chi connectivity index (χ3n) is 1.48. The van der Waals surface area contributed by atoms with Crippen molar-refractivity contribution in [3.8, 4) is 0 Å². The quantitative estimate of drug-likeness (QED) is 0.758. The SMILES string of the molecule is NCC(F)(F)c1c(Cl)ccnc1F. The molecule has 0 aliphatic rings. The lowest BCUT2D eigenvalue weighted by atomic mass is 10.1. The predicted molar refractivity (Wildman–Crippen MR) is 42.2 cm³/mol. The highest BCUT2D eigenvalue weighted by Crippen LogP contribution is 2.33. The van der Waals surface area contributed by atoms with Crippen molar-refractivity contribution in [1.82, 2.24) is 4.98 Å². The van der Waals surface area contributed by atoms with E-state index >= 15 is 0 Å². The van der Waals surface area contributed by atoms with Crippen molar-refractivity contribution in [1.29, 1.82) is 0 Å². The van der Waals surface area contributed by atoms with Crippen molar-refractivity contribution in [3.05, 3.63) is 28.8 Å². The first-order valence-electron chi connectivity index (χ1n) is 3.37. The first-order valence-corrected chi connectivity index (χ1v) is 3.75. The molecule has 0 saturated heterocycles. The van der Waals surface area contributed by atoms with Crippen LogP contribution in [0.25, 0.3) is 0 Å². The topological polar surface area (TPSA) is 38.9 Å². The maximum absolute atomic E-state index is 12.9. The summed E-state index contributed by atoms with van der Waals surface area (Å²) in [7, 11) is 0. The zero-order valence-corrected chi connectivity index (χ0v) is 7.15. The zero-order chi connectivity index (χ0) is 10.1. The van der Waals surface area contributed by atoms with E-state index in [0.29, 0.717) is 0 Å². The van der Waals surface area contributed by atoms with Crippen LogP contribution in [0.15, 0.2) is 12.3 Å². The Labute approximate surface area is 77.5 Å². The summed E-state index contributed by atoms with van der Waals surface area (Å²) in [6, 6.07) is 1.09. The van der Waals surface area contributed by atoms with Crippen molar-refractivity contribution >= 4 is 11.6 Å². The number of nitrogens with zero attached hydrogens (tertiary/aromatic N) is 1. The van der Waals surface area contributed by atoms with Crippen molar-refractivity contribution in [2.24, 2.45) is 5.73 Å². The third kappa shape index (κ3) is 1.92. The molecule has 0 saturated carbocycles. The summed E-state index contributed by atoms with van der Waals surface area (Å²) in [6.45, 7) is -1.00. The van der Waals surface area contributed by atoms with E-state index in [-0.39, 0.29) is 5.02 Å². The summed E-state index contributed by atoms with van der Waals surface area (Å²) in [4.78, 5) is 3.07. The molecule has 0 aliphatic heterocycles. The molecule has 0 aromatic carbocycles. The van der Waals surface area contributed by atoms with Crippen LogP contribution < -0.4 is 5.73 Å². The lowest BCUT2D eigenvalue weighted by Crippen LogP contribution is -2.27. The van der Waals surface area contributed by atoms with Crippen LogP contribution in [0.4, 0.5) is 13.2 Å². The Morgan fingerprint density at radius 1 is 1.54 bits per heavy atom. The van der Waals surface area contributed by atoms with Gasteiger partial charge in [-0.2, -0.15) is 13.2 Å². The van der Waals surface area contributed by atoms with Crippen LogP contribution in [0, 0.1) is 5.95 Å². The molecule has 0 aliphatic carbocycles. The standard InChI is InChI=1S/C7H6ClF3N2/c8-4-1-2-13-6(9)5(4)7(10,11)3-12/h1-2H,3,12H2. The highest BCUT2D eigenvalue weighted by atomic mass is 35.5. The Hall–Kier alpha value is -0.810. The average molecular weight is 211 g/mol. The minimum atomic E-state index is -3.48. The number of nitrogens with two attached hydrogens (primary N) is 1. The van der Waals surface area contributed by atoms with Crippen molar-refractivity contribution in [3.63, 3.8) is 0 Å². The number of rotatable bonds is 2. The zero-order valence-electron chi connectivity index (χ0n) is 6.40. The molecule has 13 heavy (non-hydrogen) atoms. The lowest BCUT2D eigenvalue weighted by Gasteiger charge is -2.15. The highest BCUT2D eigenvalue weighted by molar-refractivity contribution is 6.31. The Bertz CT molecular complexity index is 296. The van der Waals surface area contributed by atoms with Gasteiger partial charge in [-0.1, -0.05) is 11.6 Å². The number of halogens is 4. The summed E-state index contributed by atoms with van der Waals surface area (Å²) in [5, 5.41) is -0.372. The summed E-state index contributed by atoms with van der Waals surface area (Å²) in [5.41, 5.74) is 3.83. The molecule has 1 rings (SSSR count). The molecule has 1 aromatic heterocycles. The van der Waals surface area contributed by atoms with Crippen molar-refractivity contribution in [2.75, 3.05) is 6.54 Å². The second-order valence-corrected chi connectivity index (χ2v) is 2.77. The van der Waals surface area contributed by atoms with Gasteiger partial charge in [0.2, 0.25) is 5.95 Å². The molecule has 0 bridgehead atoms. The van der Waals surface area contributed by atoms with E-state index in [1.165, 1.54) is 0 Å². The van der Waals surface area contributed by atoms with E-state index in [4.69, 9.17) is 17.3 Å². The number of alkyl halides is 2. The fourth-order valence-corrected chi connectivity index (χ4v) is 1.11. The van der Waals surface area contributed by atoms with Gasteiger partial charge in [0.15, 0.2) is 0 Å². The minimum Gasteiger partial charge on any atom is -0.325 e. The molecule has 1 heterocycles. The van der Waals surface area contributed by atoms with Crippen molar-refractivity contribution in [2.45, 2.75) is 5.92 Å². The Morgan fingerprint density at radius 2 is 2.15 bits per heavy atom. The van der Waals surface area contributed by atoms with Gasteiger partial charge >= 0.3 is 0 Å². The van der Waals surface area contributed by atoms with Crippen LogP contribution >= 0.6 is 11.6 Å². The van der Waals surface area contributed by atoms with E-state index < -0.39 is 24.0 Å². The van der Waals surface area contributed by atoms with Gasteiger partial charge in [-0.3, -0.25) is 0 Å². The number of hydrogen-bond acceptors (Lipinski definition) is 2. The van der Waals surface area contributed by atoms with Gasteiger partial charge in [0.1, 0.15) is 0 Å². The monoisotopic (exact) mass is 210 g/mol. The van der Waals surface area contributed by atoms with Gasteiger partial charge < -0.3 is 5.73 Å². The van der Waals surface area contributed by atoms with E-state index in [9.17, 15) is 13.2 Å². The fourth-order valence-electron chi connectivity index (χ4n) is 0.842. The van der Waals surface area contributed by atoms with Crippen LogP contribution in [-0.4, -0.2) is 11.5 Å². The van der Waals surface area contributed by atoms with Crippen LogP contribution in [0.2, 0.25) is 5.02 Å². The Balaban J connectivity index is 3.28. The molecule has 1 aromatic rings. The summed E-state index contributed by atoms with van der Waals surface area (Å²) < 4.78 is 38.6. The second-order valence-electron chi connectivity index (χ2n) is 2.37. The lowest BCUT2D eigenvalue weighted by molar-refractivity contribution is 0.00176. The van der Waals surface area contributed by atoms with Gasteiger partial charge in [-0.05, 0) is 6.07 Å². The van der Waals surface area contributed by atoms with Gasteiger partial charge in [0, 0.05) is 6.20 Å². The Kier molecular flexibility index (Phi) is 2.77. The normalized spacial score (nSPS) is 11.8. The van der Waals surface area contributed by atoms with Gasteiger partial charge in [0.05, 0.1) is 17.1 Å². The summed E-state index contributed by atoms with van der Waals surface area (Å²) >= 11 is 5.38. The summed E-state index contributed by atoms with van der Waals surface area (Å²) in [6.07, 6.45) is 1.01. The molecule has 0 amide bonds. The molecule has 2 nitrogen and oxygen atoms in total. The maximum atomic E-state index is 12.9. The number of aromatic nitrogens is 1. The van der Waals surface area contributed by atoms with E-state index in [1.807, 2.05) is 0 Å². The van der Waals surface area contributed by atoms with E-state index in [2.05, 4.69) is 4.98 Å². The van der Waals surface area contributed by atoms with Crippen LogP contribution in [0.5, 0.6) is 0 Å². The van der Waals surface area contributed by atoms with E-state index in [0.717, 1.165) is 12.3 Å². The molecule has 6 heteroatoms. The molecule has 0 unspecified atom stereocenters. The van der Waals surface area contributed by atoms with Crippen LogP contribution in [-0.2, 0) is 5.92 Å². The number of pyridine rings is 1. The fraction of sp³-hybridized carbons (Fsp3) is 0.286. The minimum absolute atomic E-state index is 0.372. The molecule has 0 atom stereocenters. The number of hydrogen-bond donors (Lipinski definition) is 1.